The molecule has 2 unspecified atom stereocenters. The second kappa shape index (κ2) is 7.32. The second-order valence-corrected chi connectivity index (χ2v) is 6.44. The van der Waals surface area contributed by atoms with Crippen LogP contribution in [0.5, 0.6) is 0 Å². The van der Waals surface area contributed by atoms with Crippen LogP contribution < -0.4 is 10.6 Å². The number of halogens is 1. The van der Waals surface area contributed by atoms with E-state index in [4.69, 9.17) is 0 Å². The number of carbonyl (C=O) groups is 2. The Balaban J connectivity index is 0.00000192. The predicted octanol–water partition coefficient (Wildman–Crippen LogP) is 2.42. The monoisotopic (exact) mass is 337 g/mol. The fourth-order valence-electron chi connectivity index (χ4n) is 3.65. The number of nitrogens with one attached hydrogen (secondary N) is 2. The number of carbonyl (C=O) groups excluding carboxylic acids is 2. The van der Waals surface area contributed by atoms with Gasteiger partial charge in [-0.1, -0.05) is 6.07 Å². The van der Waals surface area contributed by atoms with Crippen molar-refractivity contribution in [1.82, 2.24) is 10.2 Å². The van der Waals surface area contributed by atoms with Crippen molar-refractivity contribution in [2.24, 2.45) is 0 Å². The number of amides is 2. The van der Waals surface area contributed by atoms with Crippen LogP contribution in [-0.2, 0) is 4.79 Å². The number of nitrogens with zero attached hydrogens (tertiary/aromatic N) is 1. The predicted molar refractivity (Wildman–Crippen MR) is 93.1 cm³/mol. The molecule has 23 heavy (non-hydrogen) atoms. The van der Waals surface area contributed by atoms with Crippen molar-refractivity contribution in [3.8, 4) is 0 Å². The van der Waals surface area contributed by atoms with Crippen molar-refractivity contribution in [3.05, 3.63) is 29.8 Å². The summed E-state index contributed by atoms with van der Waals surface area (Å²) in [5.74, 6) is -0.105. The molecular weight excluding hydrogens is 314 g/mol. The van der Waals surface area contributed by atoms with Crippen molar-refractivity contribution in [3.63, 3.8) is 0 Å². The van der Waals surface area contributed by atoms with Gasteiger partial charge in [0.15, 0.2) is 0 Å². The highest BCUT2D eigenvalue weighted by molar-refractivity contribution is 5.96. The van der Waals surface area contributed by atoms with E-state index in [2.05, 4.69) is 10.6 Å². The summed E-state index contributed by atoms with van der Waals surface area (Å²) in [6, 6.07) is 8.57. The van der Waals surface area contributed by atoms with Crippen molar-refractivity contribution < 1.29 is 9.59 Å². The molecule has 1 aromatic rings. The van der Waals surface area contributed by atoms with E-state index in [9.17, 15) is 9.59 Å². The van der Waals surface area contributed by atoms with E-state index >= 15 is 0 Å². The van der Waals surface area contributed by atoms with Gasteiger partial charge in [-0.3, -0.25) is 9.59 Å². The zero-order chi connectivity index (χ0) is 15.7. The molecule has 2 fully saturated rings. The van der Waals surface area contributed by atoms with Crippen molar-refractivity contribution in [2.45, 2.75) is 50.7 Å². The number of piperidine rings is 1. The van der Waals surface area contributed by atoms with Crippen molar-refractivity contribution in [2.75, 3.05) is 12.4 Å². The van der Waals surface area contributed by atoms with E-state index < -0.39 is 0 Å². The number of rotatable bonds is 3. The van der Waals surface area contributed by atoms with Gasteiger partial charge in [-0.15, -0.1) is 12.4 Å². The standard InChI is InChI=1S/C17H23N3O2.ClH/c1-11(21)18-13-5-3-4-12(8-13)17(22)20(2)16-9-14-6-7-15(10-16)19-14;/h3-5,8,14-16,19H,6-7,9-10H2,1-2H3,(H,18,21);1H. The van der Waals surface area contributed by atoms with Gasteiger partial charge in [-0.25, -0.2) is 0 Å². The molecule has 2 N–H and O–H groups in total. The molecule has 3 rings (SSSR count). The Morgan fingerprint density at radius 1 is 1.22 bits per heavy atom. The molecule has 2 atom stereocenters. The Labute approximate surface area is 143 Å². The maximum Gasteiger partial charge on any atom is 0.253 e. The summed E-state index contributed by atoms with van der Waals surface area (Å²) in [5, 5.41) is 6.32. The minimum Gasteiger partial charge on any atom is -0.339 e. The largest absolute Gasteiger partial charge is 0.339 e. The zero-order valence-electron chi connectivity index (χ0n) is 13.5. The first kappa shape index (κ1) is 17.8. The van der Waals surface area contributed by atoms with Crippen molar-refractivity contribution >= 4 is 29.9 Å². The van der Waals surface area contributed by atoms with Gasteiger partial charge in [0.25, 0.3) is 5.91 Å². The third kappa shape index (κ3) is 4.03. The Bertz CT molecular complexity index is 581. The van der Waals surface area contributed by atoms with Gasteiger partial charge in [0.1, 0.15) is 0 Å². The molecule has 2 aliphatic rings. The number of fused-ring (bicyclic) bond motifs is 2. The first-order chi connectivity index (χ1) is 10.5. The molecule has 2 amide bonds. The third-order valence-electron chi connectivity index (χ3n) is 4.75. The molecule has 2 bridgehead atoms. The Morgan fingerprint density at radius 3 is 2.48 bits per heavy atom. The molecule has 0 radical (unpaired) electrons. The van der Waals surface area contributed by atoms with Crippen LogP contribution in [0.25, 0.3) is 0 Å². The molecule has 0 saturated carbocycles. The topological polar surface area (TPSA) is 61.4 Å². The Kier molecular flexibility index (Phi) is 5.65. The fraction of sp³-hybridized carbons (Fsp3) is 0.529. The minimum atomic E-state index is -0.132. The van der Waals surface area contributed by atoms with Gasteiger partial charge in [0, 0.05) is 43.3 Å². The van der Waals surface area contributed by atoms with Crippen LogP contribution in [0.4, 0.5) is 5.69 Å². The summed E-state index contributed by atoms with van der Waals surface area (Å²) in [5.41, 5.74) is 1.29. The average molecular weight is 338 g/mol. The normalized spacial score (nSPS) is 25.4. The summed E-state index contributed by atoms with van der Waals surface area (Å²) in [4.78, 5) is 25.7. The highest BCUT2D eigenvalue weighted by Gasteiger charge is 2.36. The average Bonchev–Trinajstić information content (AvgIpc) is 2.83. The molecule has 1 aromatic carbocycles. The molecule has 126 valence electrons. The smallest absolute Gasteiger partial charge is 0.253 e. The van der Waals surface area contributed by atoms with Gasteiger partial charge in [-0.05, 0) is 43.9 Å². The minimum absolute atomic E-state index is 0. The number of hydrogen-bond acceptors (Lipinski definition) is 3. The maximum absolute atomic E-state index is 12.7. The molecule has 6 heteroatoms. The lowest BCUT2D eigenvalue weighted by atomic mass is 9.98. The summed E-state index contributed by atoms with van der Waals surface area (Å²) >= 11 is 0. The first-order valence-corrected chi connectivity index (χ1v) is 7.94. The van der Waals surface area contributed by atoms with Gasteiger partial charge in [-0.2, -0.15) is 0 Å². The van der Waals surface area contributed by atoms with Gasteiger partial charge < -0.3 is 15.5 Å². The van der Waals surface area contributed by atoms with E-state index in [1.165, 1.54) is 19.8 Å². The summed E-state index contributed by atoms with van der Waals surface area (Å²) in [6.07, 6.45) is 4.51. The van der Waals surface area contributed by atoms with Crippen LogP contribution in [0, 0.1) is 0 Å². The van der Waals surface area contributed by atoms with Crippen LogP contribution in [0.2, 0.25) is 0 Å². The lowest BCUT2D eigenvalue weighted by Gasteiger charge is -2.35. The molecule has 5 nitrogen and oxygen atoms in total. The van der Waals surface area contributed by atoms with E-state index in [-0.39, 0.29) is 24.2 Å². The molecule has 0 spiro atoms. The number of anilines is 1. The SMILES string of the molecule is CC(=O)Nc1cccc(C(=O)N(C)C2CC3CCC(C2)N3)c1.Cl. The Morgan fingerprint density at radius 2 is 1.87 bits per heavy atom. The molecule has 2 saturated heterocycles. The van der Waals surface area contributed by atoms with Crippen LogP contribution in [0.1, 0.15) is 43.0 Å². The van der Waals surface area contributed by atoms with Crippen LogP contribution in [-0.4, -0.2) is 41.9 Å². The Hall–Kier alpha value is -1.59. The molecule has 0 aliphatic carbocycles. The van der Waals surface area contributed by atoms with Crippen LogP contribution in [0.15, 0.2) is 24.3 Å². The van der Waals surface area contributed by atoms with Gasteiger partial charge in [0.2, 0.25) is 5.91 Å². The summed E-state index contributed by atoms with van der Waals surface area (Å²) < 4.78 is 0. The van der Waals surface area contributed by atoms with E-state index in [0.29, 0.717) is 29.4 Å². The van der Waals surface area contributed by atoms with Gasteiger partial charge >= 0.3 is 0 Å². The number of benzene rings is 1. The quantitative estimate of drug-likeness (QED) is 0.890. The lowest BCUT2D eigenvalue weighted by Crippen LogP contribution is -2.48. The lowest BCUT2D eigenvalue weighted by molar-refractivity contribution is -0.114. The summed E-state index contributed by atoms with van der Waals surface area (Å²) in [6.45, 7) is 1.46. The zero-order valence-corrected chi connectivity index (χ0v) is 14.4. The molecule has 2 aliphatic heterocycles. The molecular formula is C17H24ClN3O2. The van der Waals surface area contributed by atoms with E-state index in [1.807, 2.05) is 11.9 Å². The maximum atomic E-state index is 12.7. The number of hydrogen-bond donors (Lipinski definition) is 2. The highest BCUT2D eigenvalue weighted by atomic mass is 35.5. The van der Waals surface area contributed by atoms with E-state index in [1.54, 1.807) is 24.3 Å². The molecule has 2 heterocycles. The highest BCUT2D eigenvalue weighted by Crippen LogP contribution is 2.30. The molecule has 0 aromatic heterocycles. The van der Waals surface area contributed by atoms with Crippen LogP contribution >= 0.6 is 12.4 Å². The van der Waals surface area contributed by atoms with Gasteiger partial charge in [0.05, 0.1) is 0 Å². The van der Waals surface area contributed by atoms with Crippen molar-refractivity contribution in [1.29, 1.82) is 0 Å². The fourth-order valence-corrected chi connectivity index (χ4v) is 3.65. The second-order valence-electron chi connectivity index (χ2n) is 6.44. The third-order valence-corrected chi connectivity index (χ3v) is 4.75. The van der Waals surface area contributed by atoms with Crippen LogP contribution in [0.3, 0.4) is 0 Å². The first-order valence-electron chi connectivity index (χ1n) is 7.94. The summed E-state index contributed by atoms with van der Waals surface area (Å²) in [7, 11) is 1.89. The van der Waals surface area contributed by atoms with E-state index in [0.717, 1.165) is 12.8 Å².